The molecule has 0 aromatic heterocycles. The van der Waals surface area contributed by atoms with Gasteiger partial charge in [-0.1, -0.05) is 13.0 Å². The molecule has 2 atom stereocenters. The zero-order valence-electron chi connectivity index (χ0n) is 11.0. The lowest BCUT2D eigenvalue weighted by Gasteiger charge is -2.34. The van der Waals surface area contributed by atoms with Crippen molar-refractivity contribution in [2.75, 3.05) is 18.4 Å². The van der Waals surface area contributed by atoms with E-state index in [1.54, 1.807) is 29.2 Å². The van der Waals surface area contributed by atoms with Crippen LogP contribution in [-0.4, -0.2) is 30.1 Å². The number of nitrogens with two attached hydrogens (primary N) is 1. The van der Waals surface area contributed by atoms with Crippen molar-refractivity contribution in [1.82, 2.24) is 4.90 Å². The fourth-order valence-corrected chi connectivity index (χ4v) is 2.15. The molecule has 1 fully saturated rings. The van der Waals surface area contributed by atoms with Crippen molar-refractivity contribution in [3.05, 3.63) is 29.8 Å². The molecule has 0 spiro atoms. The van der Waals surface area contributed by atoms with Crippen LogP contribution in [0.1, 0.15) is 18.9 Å². The quantitative estimate of drug-likeness (QED) is 0.805. The van der Waals surface area contributed by atoms with Crippen molar-refractivity contribution in [2.45, 2.75) is 19.4 Å². The average Bonchev–Trinajstić information content (AvgIpc) is 2.42. The normalized spacial score (nSPS) is 22.7. The molecule has 3 N–H and O–H groups in total. The molecule has 2 rings (SSSR count). The zero-order valence-corrected chi connectivity index (χ0v) is 11.0. The molecule has 2 unspecified atom stereocenters. The van der Waals surface area contributed by atoms with E-state index < -0.39 is 0 Å². The second kappa shape index (κ2) is 5.72. The van der Waals surface area contributed by atoms with Crippen LogP contribution in [0.2, 0.25) is 0 Å². The van der Waals surface area contributed by atoms with Gasteiger partial charge in [0.05, 0.1) is 11.6 Å². The van der Waals surface area contributed by atoms with E-state index in [0.717, 1.165) is 13.0 Å². The lowest BCUT2D eigenvalue weighted by atomic mass is 9.94. The average molecular weight is 258 g/mol. The smallest absolute Gasteiger partial charge is 0.321 e. The molecular weight excluding hydrogens is 240 g/mol. The maximum absolute atomic E-state index is 12.1. The van der Waals surface area contributed by atoms with E-state index >= 15 is 0 Å². The summed E-state index contributed by atoms with van der Waals surface area (Å²) in [5.74, 6) is 0.450. The van der Waals surface area contributed by atoms with Gasteiger partial charge in [-0.2, -0.15) is 5.26 Å². The Morgan fingerprint density at radius 2 is 2.37 bits per heavy atom. The monoisotopic (exact) mass is 258 g/mol. The highest BCUT2D eigenvalue weighted by Gasteiger charge is 2.26. The standard InChI is InChI=1S/C14H18N4O/c1-10-5-6-18(9-13(10)16)14(19)17-12-4-2-3-11(7-12)8-15/h2-4,7,10,13H,5-6,9,16H2,1H3,(H,17,19). The molecule has 0 aliphatic carbocycles. The fraction of sp³-hybridized carbons (Fsp3) is 0.429. The highest BCUT2D eigenvalue weighted by atomic mass is 16.2. The zero-order chi connectivity index (χ0) is 13.8. The van der Waals surface area contributed by atoms with Gasteiger partial charge in [-0.15, -0.1) is 0 Å². The lowest BCUT2D eigenvalue weighted by molar-refractivity contribution is 0.174. The van der Waals surface area contributed by atoms with Crippen molar-refractivity contribution >= 4 is 11.7 Å². The number of nitrogens with zero attached hydrogens (tertiary/aromatic N) is 2. The number of likely N-dealkylation sites (tertiary alicyclic amines) is 1. The molecule has 5 nitrogen and oxygen atoms in total. The van der Waals surface area contributed by atoms with Crippen molar-refractivity contribution in [2.24, 2.45) is 11.7 Å². The first-order valence-corrected chi connectivity index (χ1v) is 6.42. The first kappa shape index (κ1) is 13.4. The predicted molar refractivity (Wildman–Crippen MR) is 73.5 cm³/mol. The number of urea groups is 1. The van der Waals surface area contributed by atoms with E-state index in [-0.39, 0.29) is 12.1 Å². The van der Waals surface area contributed by atoms with Gasteiger partial charge < -0.3 is 16.0 Å². The molecule has 1 aliphatic heterocycles. The van der Waals surface area contributed by atoms with Gasteiger partial charge >= 0.3 is 6.03 Å². The number of nitriles is 1. The second-order valence-corrected chi connectivity index (χ2v) is 5.00. The van der Waals surface area contributed by atoms with Crippen LogP contribution >= 0.6 is 0 Å². The van der Waals surface area contributed by atoms with Crippen LogP contribution in [0, 0.1) is 17.2 Å². The molecule has 19 heavy (non-hydrogen) atoms. The van der Waals surface area contributed by atoms with Crippen LogP contribution in [0.15, 0.2) is 24.3 Å². The maximum atomic E-state index is 12.1. The number of anilines is 1. The summed E-state index contributed by atoms with van der Waals surface area (Å²) >= 11 is 0. The number of amides is 2. The molecular formula is C14H18N4O. The molecule has 1 aliphatic rings. The molecule has 0 bridgehead atoms. The summed E-state index contributed by atoms with van der Waals surface area (Å²) in [7, 11) is 0. The van der Waals surface area contributed by atoms with E-state index in [1.807, 2.05) is 6.07 Å². The molecule has 1 aromatic carbocycles. The highest BCUT2D eigenvalue weighted by molar-refractivity contribution is 5.89. The highest BCUT2D eigenvalue weighted by Crippen LogP contribution is 2.17. The number of carbonyl (C=O) groups is 1. The number of hydrogen-bond donors (Lipinski definition) is 2. The Labute approximate surface area is 113 Å². The molecule has 0 radical (unpaired) electrons. The summed E-state index contributed by atoms with van der Waals surface area (Å²) in [6.45, 7) is 3.40. The topological polar surface area (TPSA) is 82.2 Å². The molecule has 1 saturated heterocycles. The van der Waals surface area contributed by atoms with Gasteiger partial charge in [-0.25, -0.2) is 4.79 Å². The summed E-state index contributed by atoms with van der Waals surface area (Å²) in [6.07, 6.45) is 0.923. The fourth-order valence-electron chi connectivity index (χ4n) is 2.15. The summed E-state index contributed by atoms with van der Waals surface area (Å²) in [6, 6.07) is 8.80. The molecule has 5 heteroatoms. The first-order valence-electron chi connectivity index (χ1n) is 6.42. The SMILES string of the molecule is CC1CCN(C(=O)Nc2cccc(C#N)c2)CC1N. The van der Waals surface area contributed by atoms with Gasteiger partial charge in [0.1, 0.15) is 0 Å². The van der Waals surface area contributed by atoms with Crippen LogP contribution < -0.4 is 11.1 Å². The second-order valence-electron chi connectivity index (χ2n) is 5.00. The number of carbonyl (C=O) groups excluding carboxylic acids is 1. The van der Waals surface area contributed by atoms with Gasteiger partial charge in [-0.05, 0) is 30.5 Å². The maximum Gasteiger partial charge on any atom is 0.321 e. The van der Waals surface area contributed by atoms with Crippen molar-refractivity contribution < 1.29 is 4.79 Å². The van der Waals surface area contributed by atoms with Crippen molar-refractivity contribution in [1.29, 1.82) is 5.26 Å². The third kappa shape index (κ3) is 3.24. The van der Waals surface area contributed by atoms with Crippen molar-refractivity contribution in [3.63, 3.8) is 0 Å². The number of piperidine rings is 1. The Morgan fingerprint density at radius 1 is 1.58 bits per heavy atom. The van der Waals surface area contributed by atoms with Gasteiger partial charge in [0, 0.05) is 24.8 Å². The van der Waals surface area contributed by atoms with Crippen LogP contribution in [0.5, 0.6) is 0 Å². The number of benzene rings is 1. The molecule has 100 valence electrons. The minimum atomic E-state index is -0.155. The Kier molecular flexibility index (Phi) is 4.03. The number of hydrogen-bond acceptors (Lipinski definition) is 3. The number of rotatable bonds is 1. The summed E-state index contributed by atoms with van der Waals surface area (Å²) in [5, 5.41) is 11.6. The van der Waals surface area contributed by atoms with E-state index in [9.17, 15) is 4.79 Å². The molecule has 1 heterocycles. The Hall–Kier alpha value is -2.06. The summed E-state index contributed by atoms with van der Waals surface area (Å²) < 4.78 is 0. The van der Waals surface area contributed by atoms with Crippen LogP contribution in [-0.2, 0) is 0 Å². The largest absolute Gasteiger partial charge is 0.326 e. The minimum absolute atomic E-state index is 0.0324. The third-order valence-corrected chi connectivity index (χ3v) is 3.55. The number of nitrogens with one attached hydrogen (secondary N) is 1. The predicted octanol–water partition coefficient (Wildman–Crippen LogP) is 1.76. The van der Waals surface area contributed by atoms with Gasteiger partial charge in [-0.3, -0.25) is 0 Å². The van der Waals surface area contributed by atoms with Gasteiger partial charge in [0.15, 0.2) is 0 Å². The van der Waals surface area contributed by atoms with E-state index in [0.29, 0.717) is 23.7 Å². The Bertz CT molecular complexity index is 508. The van der Waals surface area contributed by atoms with Crippen LogP contribution in [0.4, 0.5) is 10.5 Å². The van der Waals surface area contributed by atoms with Gasteiger partial charge in [0.2, 0.25) is 0 Å². The van der Waals surface area contributed by atoms with Crippen LogP contribution in [0.25, 0.3) is 0 Å². The third-order valence-electron chi connectivity index (χ3n) is 3.55. The first-order chi connectivity index (χ1) is 9.10. The Balaban J connectivity index is 1.99. The lowest BCUT2D eigenvalue weighted by Crippen LogP contribution is -2.50. The van der Waals surface area contributed by atoms with E-state index in [1.165, 1.54) is 0 Å². The molecule has 2 amide bonds. The van der Waals surface area contributed by atoms with E-state index in [2.05, 4.69) is 12.2 Å². The van der Waals surface area contributed by atoms with Crippen LogP contribution in [0.3, 0.4) is 0 Å². The summed E-state index contributed by atoms with van der Waals surface area (Å²) in [4.78, 5) is 13.8. The van der Waals surface area contributed by atoms with Gasteiger partial charge in [0.25, 0.3) is 0 Å². The molecule has 1 aromatic rings. The van der Waals surface area contributed by atoms with Crippen molar-refractivity contribution in [3.8, 4) is 6.07 Å². The Morgan fingerprint density at radius 3 is 3.05 bits per heavy atom. The summed E-state index contributed by atoms with van der Waals surface area (Å²) in [5.41, 5.74) is 7.15. The molecule has 0 saturated carbocycles. The minimum Gasteiger partial charge on any atom is -0.326 e. The van der Waals surface area contributed by atoms with E-state index in [4.69, 9.17) is 11.0 Å².